The van der Waals surface area contributed by atoms with Crippen LogP contribution in [0, 0.1) is 0 Å². The molecule has 2 aromatic rings. The fraction of sp³-hybridized carbons (Fsp3) is 0.133. The summed E-state index contributed by atoms with van der Waals surface area (Å²) < 4.78 is 2.08. The number of carbonyl (C=O) groups is 1. The Balaban J connectivity index is 2.16. The molecule has 0 aliphatic carbocycles. The second-order valence-electron chi connectivity index (χ2n) is 4.12. The van der Waals surface area contributed by atoms with E-state index in [0.717, 1.165) is 27.2 Å². The van der Waals surface area contributed by atoms with Crippen LogP contribution in [-0.4, -0.2) is 6.29 Å². The van der Waals surface area contributed by atoms with Crippen LogP contribution < -0.4 is 0 Å². The van der Waals surface area contributed by atoms with Crippen LogP contribution in [0.4, 0.5) is 0 Å². The summed E-state index contributed by atoms with van der Waals surface area (Å²) in [5, 5.41) is 0. The van der Waals surface area contributed by atoms with Crippen molar-refractivity contribution in [1.82, 2.24) is 0 Å². The van der Waals surface area contributed by atoms with E-state index >= 15 is 0 Å². The van der Waals surface area contributed by atoms with Crippen LogP contribution in [0.15, 0.2) is 57.5 Å². The van der Waals surface area contributed by atoms with Gasteiger partial charge in [0.15, 0.2) is 0 Å². The van der Waals surface area contributed by atoms with E-state index in [1.54, 1.807) is 0 Å². The Morgan fingerprint density at radius 1 is 0.889 bits per heavy atom. The van der Waals surface area contributed by atoms with Gasteiger partial charge in [-0.1, -0.05) is 56.1 Å². The van der Waals surface area contributed by atoms with E-state index in [1.807, 2.05) is 48.5 Å². The van der Waals surface area contributed by atoms with Crippen molar-refractivity contribution in [2.75, 3.05) is 0 Å². The molecule has 0 saturated carbocycles. The minimum Gasteiger partial charge on any atom is -0.303 e. The van der Waals surface area contributed by atoms with Gasteiger partial charge >= 0.3 is 0 Å². The van der Waals surface area contributed by atoms with E-state index in [4.69, 9.17) is 0 Å². The van der Waals surface area contributed by atoms with Crippen molar-refractivity contribution in [2.45, 2.75) is 12.3 Å². The fourth-order valence-corrected chi connectivity index (χ4v) is 2.36. The van der Waals surface area contributed by atoms with Crippen LogP contribution in [-0.2, 0) is 11.2 Å². The molecule has 0 amide bonds. The smallest absolute Gasteiger partial charge is 0.127 e. The number of benzene rings is 2. The number of aldehydes is 1. The molecule has 0 heterocycles. The van der Waals surface area contributed by atoms with Gasteiger partial charge in [-0.25, -0.2) is 0 Å². The Morgan fingerprint density at radius 3 is 1.89 bits per heavy atom. The molecule has 0 aliphatic rings. The second-order valence-corrected chi connectivity index (χ2v) is 5.96. The first-order chi connectivity index (χ1) is 8.69. The lowest BCUT2D eigenvalue weighted by Gasteiger charge is -2.11. The van der Waals surface area contributed by atoms with E-state index in [-0.39, 0.29) is 5.92 Å². The van der Waals surface area contributed by atoms with E-state index in [1.165, 1.54) is 5.56 Å². The number of carbonyl (C=O) groups excluding carboxylic acids is 1. The molecule has 1 unspecified atom stereocenters. The van der Waals surface area contributed by atoms with E-state index < -0.39 is 0 Å². The van der Waals surface area contributed by atoms with Gasteiger partial charge in [0.25, 0.3) is 0 Å². The molecule has 0 aromatic heterocycles. The van der Waals surface area contributed by atoms with Crippen LogP contribution in [0.2, 0.25) is 0 Å². The van der Waals surface area contributed by atoms with Crippen LogP contribution in [0.1, 0.15) is 17.0 Å². The maximum atomic E-state index is 11.2. The molecule has 0 radical (unpaired) electrons. The maximum absolute atomic E-state index is 11.2. The van der Waals surface area contributed by atoms with E-state index in [2.05, 4.69) is 31.9 Å². The van der Waals surface area contributed by atoms with Crippen molar-refractivity contribution in [3.05, 3.63) is 68.6 Å². The lowest BCUT2D eigenvalue weighted by molar-refractivity contribution is -0.109. The average Bonchev–Trinajstić information content (AvgIpc) is 2.39. The zero-order chi connectivity index (χ0) is 13.0. The molecule has 0 fully saturated rings. The zero-order valence-electron chi connectivity index (χ0n) is 9.64. The Morgan fingerprint density at radius 2 is 1.39 bits per heavy atom. The fourth-order valence-electron chi connectivity index (χ4n) is 1.83. The van der Waals surface area contributed by atoms with Crippen molar-refractivity contribution in [2.24, 2.45) is 0 Å². The monoisotopic (exact) mass is 366 g/mol. The number of rotatable bonds is 4. The highest BCUT2D eigenvalue weighted by Crippen LogP contribution is 2.22. The molecule has 0 N–H and O–H groups in total. The van der Waals surface area contributed by atoms with Crippen LogP contribution >= 0.6 is 31.9 Å². The van der Waals surface area contributed by atoms with Crippen LogP contribution in [0.3, 0.4) is 0 Å². The third kappa shape index (κ3) is 3.53. The van der Waals surface area contributed by atoms with E-state index in [9.17, 15) is 4.79 Å². The van der Waals surface area contributed by atoms with Gasteiger partial charge in [0.2, 0.25) is 0 Å². The van der Waals surface area contributed by atoms with Crippen molar-refractivity contribution in [3.8, 4) is 0 Å². The Kier molecular flexibility index (Phi) is 4.72. The molecule has 0 bridgehead atoms. The predicted molar refractivity (Wildman–Crippen MR) is 80.8 cm³/mol. The van der Waals surface area contributed by atoms with Gasteiger partial charge in [-0.2, -0.15) is 0 Å². The lowest BCUT2D eigenvalue weighted by atomic mass is 9.93. The van der Waals surface area contributed by atoms with Gasteiger partial charge in [-0.05, 0) is 41.8 Å². The van der Waals surface area contributed by atoms with Gasteiger partial charge in [0.1, 0.15) is 6.29 Å². The van der Waals surface area contributed by atoms with Crippen molar-refractivity contribution >= 4 is 38.1 Å². The summed E-state index contributed by atoms with van der Waals surface area (Å²) in [5.41, 5.74) is 2.22. The van der Waals surface area contributed by atoms with Crippen molar-refractivity contribution < 1.29 is 4.79 Å². The quantitative estimate of drug-likeness (QED) is 0.713. The molecule has 3 heteroatoms. The molecule has 18 heavy (non-hydrogen) atoms. The topological polar surface area (TPSA) is 17.1 Å². The number of hydrogen-bond donors (Lipinski definition) is 0. The molecular formula is C15H12Br2O. The van der Waals surface area contributed by atoms with Gasteiger partial charge in [-0.15, -0.1) is 0 Å². The molecule has 1 atom stereocenters. The largest absolute Gasteiger partial charge is 0.303 e. The van der Waals surface area contributed by atoms with Crippen molar-refractivity contribution in [3.63, 3.8) is 0 Å². The summed E-state index contributed by atoms with van der Waals surface area (Å²) in [7, 11) is 0. The minimum absolute atomic E-state index is 0.0840. The first kappa shape index (κ1) is 13.5. The van der Waals surface area contributed by atoms with E-state index in [0.29, 0.717) is 0 Å². The Labute approximate surface area is 123 Å². The average molecular weight is 368 g/mol. The SMILES string of the molecule is O=CC(Cc1ccc(Br)cc1)c1ccc(Br)cc1. The number of halogens is 2. The van der Waals surface area contributed by atoms with Gasteiger partial charge in [0, 0.05) is 14.9 Å². The molecule has 2 aromatic carbocycles. The summed E-state index contributed by atoms with van der Waals surface area (Å²) in [5.74, 6) is -0.0840. The van der Waals surface area contributed by atoms with Crippen LogP contribution in [0.25, 0.3) is 0 Å². The first-order valence-corrected chi connectivity index (χ1v) is 7.23. The predicted octanol–water partition coefficient (Wildman–Crippen LogP) is 4.74. The minimum atomic E-state index is -0.0840. The summed E-state index contributed by atoms with van der Waals surface area (Å²) in [6, 6.07) is 16.0. The van der Waals surface area contributed by atoms with Gasteiger partial charge in [0.05, 0.1) is 0 Å². The molecule has 1 nitrogen and oxygen atoms in total. The van der Waals surface area contributed by atoms with Crippen molar-refractivity contribution in [1.29, 1.82) is 0 Å². The lowest BCUT2D eigenvalue weighted by Crippen LogP contribution is -2.04. The molecular weight excluding hydrogens is 356 g/mol. The molecule has 92 valence electrons. The molecule has 0 saturated heterocycles. The standard InChI is InChI=1S/C15H12Br2O/c16-14-5-1-11(2-6-14)9-13(10-18)12-3-7-15(17)8-4-12/h1-8,10,13H,9H2. The highest BCUT2D eigenvalue weighted by molar-refractivity contribution is 9.10. The highest BCUT2D eigenvalue weighted by atomic mass is 79.9. The second kappa shape index (κ2) is 6.30. The maximum Gasteiger partial charge on any atom is 0.127 e. The normalized spacial score (nSPS) is 12.1. The van der Waals surface area contributed by atoms with Gasteiger partial charge in [-0.3, -0.25) is 0 Å². The molecule has 0 spiro atoms. The third-order valence-corrected chi connectivity index (χ3v) is 3.89. The van der Waals surface area contributed by atoms with Gasteiger partial charge < -0.3 is 4.79 Å². The molecule has 2 rings (SSSR count). The summed E-state index contributed by atoms with van der Waals surface area (Å²) in [6.45, 7) is 0. The Hall–Kier alpha value is -0.930. The Bertz CT molecular complexity index is 517. The third-order valence-electron chi connectivity index (χ3n) is 2.83. The first-order valence-electron chi connectivity index (χ1n) is 5.64. The molecule has 0 aliphatic heterocycles. The summed E-state index contributed by atoms with van der Waals surface area (Å²) >= 11 is 6.80. The zero-order valence-corrected chi connectivity index (χ0v) is 12.8. The number of hydrogen-bond acceptors (Lipinski definition) is 1. The van der Waals surface area contributed by atoms with Crippen LogP contribution in [0.5, 0.6) is 0 Å². The summed E-state index contributed by atoms with van der Waals surface area (Å²) in [4.78, 5) is 11.2. The highest BCUT2D eigenvalue weighted by Gasteiger charge is 2.11. The summed E-state index contributed by atoms with van der Waals surface area (Å²) in [6.07, 6.45) is 1.75.